The molecule has 0 aliphatic carbocycles. The lowest BCUT2D eigenvalue weighted by Gasteiger charge is -2.13. The van der Waals surface area contributed by atoms with Crippen molar-refractivity contribution < 1.29 is 17.6 Å². The molecule has 1 aromatic heterocycles. The molecule has 2 rings (SSSR count). The Morgan fingerprint density at radius 2 is 1.88 bits per heavy atom. The van der Waals surface area contributed by atoms with Gasteiger partial charge in [0.1, 0.15) is 11.5 Å². The van der Waals surface area contributed by atoms with Crippen LogP contribution in [-0.4, -0.2) is 20.1 Å². The predicted molar refractivity (Wildman–Crippen MR) is 100.0 cm³/mol. The number of amides is 1. The normalized spacial score (nSPS) is 11.6. The minimum absolute atomic E-state index is 0.0499. The fourth-order valence-corrected chi connectivity index (χ4v) is 3.44. The highest BCUT2D eigenvalue weighted by Crippen LogP contribution is 2.24. The average molecular weight is 362 g/mol. The summed E-state index contributed by atoms with van der Waals surface area (Å²) in [5.41, 5.74) is 1.65. The SMILES string of the molecule is CCCS(=O)(=O)Nc1cccc(NC(=O)/C=C/c2ccc(C)o2)c1C. The van der Waals surface area contributed by atoms with E-state index in [4.69, 9.17) is 4.42 Å². The van der Waals surface area contributed by atoms with E-state index in [1.54, 1.807) is 44.2 Å². The highest BCUT2D eigenvalue weighted by atomic mass is 32.2. The molecule has 6 nitrogen and oxygen atoms in total. The van der Waals surface area contributed by atoms with Crippen LogP contribution >= 0.6 is 0 Å². The largest absolute Gasteiger partial charge is 0.462 e. The molecule has 0 fully saturated rings. The van der Waals surface area contributed by atoms with Gasteiger partial charge in [0.05, 0.1) is 11.4 Å². The molecular formula is C18H22N2O4S. The number of anilines is 2. The summed E-state index contributed by atoms with van der Waals surface area (Å²) < 4.78 is 31.8. The lowest BCUT2D eigenvalue weighted by Crippen LogP contribution is -2.17. The van der Waals surface area contributed by atoms with Crippen molar-refractivity contribution in [3.63, 3.8) is 0 Å². The van der Waals surface area contributed by atoms with Gasteiger partial charge in [-0.3, -0.25) is 9.52 Å². The molecule has 1 heterocycles. The highest BCUT2D eigenvalue weighted by Gasteiger charge is 2.12. The number of hydrogen-bond acceptors (Lipinski definition) is 4. The summed E-state index contributed by atoms with van der Waals surface area (Å²) in [6, 6.07) is 8.66. The number of nitrogens with one attached hydrogen (secondary N) is 2. The maximum absolute atomic E-state index is 12.1. The third-order valence-electron chi connectivity index (χ3n) is 3.49. The smallest absolute Gasteiger partial charge is 0.248 e. The summed E-state index contributed by atoms with van der Waals surface area (Å²) in [6.45, 7) is 5.38. The number of aryl methyl sites for hydroxylation is 1. The van der Waals surface area contributed by atoms with E-state index in [-0.39, 0.29) is 11.7 Å². The van der Waals surface area contributed by atoms with Gasteiger partial charge in [-0.25, -0.2) is 8.42 Å². The van der Waals surface area contributed by atoms with Gasteiger partial charge in [-0.05, 0) is 56.2 Å². The van der Waals surface area contributed by atoms with Crippen LogP contribution in [0.15, 0.2) is 40.8 Å². The van der Waals surface area contributed by atoms with Gasteiger partial charge in [0.2, 0.25) is 15.9 Å². The zero-order chi connectivity index (χ0) is 18.4. The molecule has 0 atom stereocenters. The van der Waals surface area contributed by atoms with E-state index in [0.29, 0.717) is 29.1 Å². The maximum Gasteiger partial charge on any atom is 0.248 e. The summed E-state index contributed by atoms with van der Waals surface area (Å²) in [4.78, 5) is 12.1. The van der Waals surface area contributed by atoms with Crippen LogP contribution in [0.25, 0.3) is 6.08 Å². The van der Waals surface area contributed by atoms with Crippen molar-refractivity contribution in [3.8, 4) is 0 Å². The van der Waals surface area contributed by atoms with Crippen molar-refractivity contribution in [2.24, 2.45) is 0 Å². The number of furan rings is 1. The molecule has 0 aliphatic heterocycles. The van der Waals surface area contributed by atoms with E-state index in [0.717, 1.165) is 5.76 Å². The maximum atomic E-state index is 12.1. The molecular weight excluding hydrogens is 340 g/mol. The van der Waals surface area contributed by atoms with E-state index < -0.39 is 10.0 Å². The molecule has 0 unspecified atom stereocenters. The topological polar surface area (TPSA) is 88.4 Å². The van der Waals surface area contributed by atoms with Crippen LogP contribution < -0.4 is 10.0 Å². The second-order valence-electron chi connectivity index (χ2n) is 5.67. The molecule has 0 saturated carbocycles. The van der Waals surface area contributed by atoms with Crippen molar-refractivity contribution >= 4 is 33.4 Å². The van der Waals surface area contributed by atoms with Gasteiger partial charge in [0.15, 0.2) is 0 Å². The van der Waals surface area contributed by atoms with Gasteiger partial charge in [0.25, 0.3) is 0 Å². The molecule has 0 aliphatic rings. The van der Waals surface area contributed by atoms with E-state index >= 15 is 0 Å². The zero-order valence-electron chi connectivity index (χ0n) is 14.5. The molecule has 0 spiro atoms. The number of sulfonamides is 1. The Hall–Kier alpha value is -2.54. The fraction of sp³-hybridized carbons (Fsp3) is 0.278. The minimum atomic E-state index is -3.39. The van der Waals surface area contributed by atoms with Crippen molar-refractivity contribution in [2.75, 3.05) is 15.8 Å². The Kier molecular flexibility index (Phi) is 6.03. The lowest BCUT2D eigenvalue weighted by molar-refractivity contribution is -0.111. The van der Waals surface area contributed by atoms with E-state index in [1.807, 2.05) is 13.0 Å². The first-order chi connectivity index (χ1) is 11.8. The fourth-order valence-electron chi connectivity index (χ4n) is 2.24. The van der Waals surface area contributed by atoms with E-state index in [2.05, 4.69) is 10.0 Å². The monoisotopic (exact) mass is 362 g/mol. The van der Waals surface area contributed by atoms with E-state index in [9.17, 15) is 13.2 Å². The van der Waals surface area contributed by atoms with Crippen LogP contribution in [-0.2, 0) is 14.8 Å². The molecule has 0 saturated heterocycles. The molecule has 2 N–H and O–H groups in total. The second-order valence-corrected chi connectivity index (χ2v) is 7.51. The second kappa shape index (κ2) is 8.02. The molecule has 1 amide bonds. The first kappa shape index (κ1) is 18.8. The van der Waals surface area contributed by atoms with E-state index in [1.165, 1.54) is 6.08 Å². The lowest BCUT2D eigenvalue weighted by atomic mass is 10.1. The van der Waals surface area contributed by atoms with Crippen molar-refractivity contribution in [3.05, 3.63) is 53.5 Å². The van der Waals surface area contributed by atoms with Crippen LogP contribution in [0.5, 0.6) is 0 Å². The summed E-state index contributed by atoms with van der Waals surface area (Å²) in [5, 5.41) is 2.74. The Balaban J connectivity index is 2.11. The minimum Gasteiger partial charge on any atom is -0.462 e. The molecule has 1 aromatic carbocycles. The summed E-state index contributed by atoms with van der Waals surface area (Å²) in [5.74, 6) is 1.08. The van der Waals surface area contributed by atoms with Gasteiger partial charge in [0, 0.05) is 11.8 Å². The summed E-state index contributed by atoms with van der Waals surface area (Å²) >= 11 is 0. The third-order valence-corrected chi connectivity index (χ3v) is 4.97. The Morgan fingerprint density at radius 3 is 2.52 bits per heavy atom. The quantitative estimate of drug-likeness (QED) is 0.735. The van der Waals surface area contributed by atoms with Crippen LogP contribution in [0.3, 0.4) is 0 Å². The number of benzene rings is 1. The van der Waals surface area contributed by atoms with Crippen molar-refractivity contribution in [1.29, 1.82) is 0 Å². The van der Waals surface area contributed by atoms with Gasteiger partial charge >= 0.3 is 0 Å². The Labute approximate surface area is 148 Å². The molecule has 25 heavy (non-hydrogen) atoms. The van der Waals surface area contributed by atoms with Gasteiger partial charge in [-0.2, -0.15) is 0 Å². The first-order valence-corrected chi connectivity index (χ1v) is 9.61. The number of carbonyl (C=O) groups is 1. The van der Waals surface area contributed by atoms with Crippen molar-refractivity contribution in [1.82, 2.24) is 0 Å². The van der Waals surface area contributed by atoms with Crippen LogP contribution in [0, 0.1) is 13.8 Å². The third kappa shape index (κ3) is 5.49. The van der Waals surface area contributed by atoms with Crippen molar-refractivity contribution in [2.45, 2.75) is 27.2 Å². The van der Waals surface area contributed by atoms with Gasteiger partial charge in [-0.15, -0.1) is 0 Å². The average Bonchev–Trinajstić information content (AvgIpc) is 2.94. The standard InChI is InChI=1S/C18H22N2O4S/c1-4-12-25(22,23)20-17-7-5-6-16(14(17)3)19-18(21)11-10-15-9-8-13(2)24-15/h5-11,20H,4,12H2,1-3H3,(H,19,21)/b11-10+. The molecule has 7 heteroatoms. The Morgan fingerprint density at radius 1 is 1.16 bits per heavy atom. The number of carbonyl (C=O) groups excluding carboxylic acids is 1. The number of rotatable bonds is 7. The molecule has 0 radical (unpaired) electrons. The number of hydrogen-bond donors (Lipinski definition) is 2. The van der Waals surface area contributed by atoms with Gasteiger partial charge in [-0.1, -0.05) is 13.0 Å². The Bertz CT molecular complexity index is 882. The zero-order valence-corrected chi connectivity index (χ0v) is 15.3. The predicted octanol–water partition coefficient (Wildman–Crippen LogP) is 3.70. The van der Waals surface area contributed by atoms with Crippen LogP contribution in [0.2, 0.25) is 0 Å². The summed E-state index contributed by atoms with van der Waals surface area (Å²) in [6.07, 6.45) is 3.47. The van der Waals surface area contributed by atoms with Crippen LogP contribution in [0.4, 0.5) is 11.4 Å². The van der Waals surface area contributed by atoms with Gasteiger partial charge < -0.3 is 9.73 Å². The first-order valence-electron chi connectivity index (χ1n) is 7.96. The molecule has 134 valence electrons. The molecule has 2 aromatic rings. The molecule has 0 bridgehead atoms. The summed E-state index contributed by atoms with van der Waals surface area (Å²) in [7, 11) is -3.39. The van der Waals surface area contributed by atoms with Crippen LogP contribution in [0.1, 0.15) is 30.4 Å². The highest BCUT2D eigenvalue weighted by molar-refractivity contribution is 7.92.